The molecule has 3 aliphatic heterocycles. The number of carbonyl (C=O) groups excluding carboxylic acids is 3. The first-order valence-electron chi connectivity index (χ1n) is 12.7. The zero-order chi connectivity index (χ0) is 26.2. The van der Waals surface area contributed by atoms with Gasteiger partial charge in [-0.1, -0.05) is 42.5 Å². The summed E-state index contributed by atoms with van der Waals surface area (Å²) in [5, 5.41) is 10.5. The fourth-order valence-corrected chi connectivity index (χ4v) is 8.60. The Labute approximate surface area is 218 Å². The highest BCUT2D eigenvalue weighted by Gasteiger charge is 2.74. The van der Waals surface area contributed by atoms with E-state index >= 15 is 0 Å². The van der Waals surface area contributed by atoms with Crippen LogP contribution in [0.25, 0.3) is 0 Å². The Bertz CT molecular complexity index is 1030. The molecule has 36 heavy (non-hydrogen) atoms. The minimum atomic E-state index is -0.771. The molecule has 8 heteroatoms. The summed E-state index contributed by atoms with van der Waals surface area (Å²) in [6.07, 6.45) is 4.84. The predicted molar refractivity (Wildman–Crippen MR) is 142 cm³/mol. The van der Waals surface area contributed by atoms with E-state index in [9.17, 15) is 19.5 Å². The first-order chi connectivity index (χ1) is 17.2. The molecule has 3 aliphatic rings. The van der Waals surface area contributed by atoms with Gasteiger partial charge in [-0.3, -0.25) is 14.4 Å². The van der Waals surface area contributed by atoms with Crippen molar-refractivity contribution in [2.24, 2.45) is 11.8 Å². The summed E-state index contributed by atoms with van der Waals surface area (Å²) < 4.78 is -0.704. The van der Waals surface area contributed by atoms with Gasteiger partial charge in [-0.15, -0.1) is 24.9 Å². The maximum Gasteiger partial charge on any atom is 0.247 e. The number of hydrogen-bond acceptors (Lipinski definition) is 5. The topological polar surface area (TPSA) is 81.2 Å². The molecule has 0 aromatic heterocycles. The molecule has 1 N–H and O–H groups in total. The minimum Gasteiger partial charge on any atom is -0.394 e. The lowest BCUT2D eigenvalue weighted by Gasteiger charge is -2.40. The van der Waals surface area contributed by atoms with Gasteiger partial charge in [-0.2, -0.15) is 0 Å². The fourth-order valence-electron chi connectivity index (χ4n) is 6.41. The average molecular weight is 512 g/mol. The molecule has 1 aromatic rings. The van der Waals surface area contributed by atoms with E-state index in [2.05, 4.69) is 13.2 Å². The van der Waals surface area contributed by atoms with E-state index in [0.717, 1.165) is 12.0 Å². The van der Waals surface area contributed by atoms with Crippen molar-refractivity contribution in [3.8, 4) is 0 Å². The third kappa shape index (κ3) is 4.08. The van der Waals surface area contributed by atoms with Crippen LogP contribution in [0.2, 0.25) is 0 Å². The number of rotatable bonds is 10. The summed E-state index contributed by atoms with van der Waals surface area (Å²) in [7, 11) is 1.73. The normalized spacial score (nSPS) is 29.2. The van der Waals surface area contributed by atoms with Gasteiger partial charge in [0, 0.05) is 31.4 Å². The highest BCUT2D eigenvalue weighted by atomic mass is 32.2. The molecule has 3 heterocycles. The van der Waals surface area contributed by atoms with Gasteiger partial charge < -0.3 is 19.8 Å². The Kier molecular flexibility index (Phi) is 7.67. The Hall–Kier alpha value is -2.58. The van der Waals surface area contributed by atoms with Crippen LogP contribution in [0.15, 0.2) is 55.6 Å². The van der Waals surface area contributed by atoms with Gasteiger partial charge in [0.25, 0.3) is 0 Å². The van der Waals surface area contributed by atoms with Crippen LogP contribution in [0.1, 0.15) is 38.3 Å². The third-order valence-corrected chi connectivity index (χ3v) is 9.91. The first kappa shape index (κ1) is 26.5. The van der Waals surface area contributed by atoms with E-state index in [1.54, 1.807) is 45.7 Å². The lowest BCUT2D eigenvalue weighted by molar-refractivity contribution is -0.147. The highest BCUT2D eigenvalue weighted by molar-refractivity contribution is 8.02. The molecule has 1 aromatic carbocycles. The maximum atomic E-state index is 14.3. The Balaban J connectivity index is 1.84. The molecule has 3 amide bonds. The second-order valence-electron chi connectivity index (χ2n) is 10.3. The van der Waals surface area contributed by atoms with Gasteiger partial charge in [-0.05, 0) is 32.3 Å². The summed E-state index contributed by atoms with van der Waals surface area (Å²) >= 11 is 1.64. The number of hydrogen-bond donors (Lipinski definition) is 1. The van der Waals surface area contributed by atoms with Crippen LogP contribution in [-0.4, -0.2) is 86.4 Å². The molecule has 2 bridgehead atoms. The molecule has 0 aliphatic carbocycles. The first-order valence-corrected chi connectivity index (χ1v) is 13.5. The van der Waals surface area contributed by atoms with Crippen molar-refractivity contribution in [2.45, 2.75) is 54.8 Å². The number of aliphatic hydroxyl groups excluding tert-OH is 1. The highest BCUT2D eigenvalue weighted by Crippen LogP contribution is 2.67. The van der Waals surface area contributed by atoms with E-state index < -0.39 is 28.7 Å². The number of benzene rings is 1. The number of carbonyl (C=O) groups is 3. The third-order valence-electron chi connectivity index (χ3n) is 7.96. The number of thioether (sulfide) groups is 1. The molecule has 1 spiro atoms. The SMILES string of the molecule is C=CCN(C)C(=O)[C@@H]1[C@H]2C(=O)N([C@H](CO)c3ccccc3)C(C(=O)N(CC=C)C(C)C)C23CC[C@H]1S3. The van der Waals surface area contributed by atoms with Gasteiger partial charge in [0.05, 0.1) is 29.2 Å². The van der Waals surface area contributed by atoms with Crippen molar-refractivity contribution < 1.29 is 19.5 Å². The van der Waals surface area contributed by atoms with Crippen molar-refractivity contribution in [3.63, 3.8) is 0 Å². The standard InChI is InChI=1S/C28H37N3O4S/c1-6-15-29(5)25(33)22-21-13-14-28(36-21)23(22)26(34)31(20(17-32)19-11-9-8-10-12-19)24(28)27(35)30(16-7-2)18(3)4/h6-12,18,20-24,32H,1-2,13-17H2,3-5H3/t20-,21-,22+,23+,24?,28?/m1/s1. The van der Waals surface area contributed by atoms with Gasteiger partial charge in [0.15, 0.2) is 0 Å². The molecular formula is C28H37N3O4S. The molecule has 3 fully saturated rings. The van der Waals surface area contributed by atoms with E-state index in [0.29, 0.717) is 19.5 Å². The van der Waals surface area contributed by atoms with Crippen LogP contribution < -0.4 is 0 Å². The zero-order valence-corrected chi connectivity index (χ0v) is 22.2. The van der Waals surface area contributed by atoms with Crippen LogP contribution in [0, 0.1) is 11.8 Å². The summed E-state index contributed by atoms with van der Waals surface area (Å²) in [4.78, 5) is 47.2. The molecule has 0 radical (unpaired) electrons. The van der Waals surface area contributed by atoms with Crippen molar-refractivity contribution >= 4 is 29.5 Å². The van der Waals surface area contributed by atoms with Gasteiger partial charge in [-0.25, -0.2) is 0 Å². The summed E-state index contributed by atoms with van der Waals surface area (Å²) in [6, 6.07) is 7.82. The summed E-state index contributed by atoms with van der Waals surface area (Å²) in [5.41, 5.74) is 0.772. The number of likely N-dealkylation sites (N-methyl/N-ethyl adjacent to an activating group) is 1. The van der Waals surface area contributed by atoms with Crippen LogP contribution in [-0.2, 0) is 14.4 Å². The molecule has 194 valence electrons. The van der Waals surface area contributed by atoms with Crippen molar-refractivity contribution in [1.29, 1.82) is 0 Å². The number of nitrogens with zero attached hydrogens (tertiary/aromatic N) is 3. The second-order valence-corrected chi connectivity index (χ2v) is 11.9. The smallest absolute Gasteiger partial charge is 0.247 e. The van der Waals surface area contributed by atoms with Crippen LogP contribution >= 0.6 is 11.8 Å². The van der Waals surface area contributed by atoms with Crippen LogP contribution in [0.5, 0.6) is 0 Å². The molecule has 7 nitrogen and oxygen atoms in total. The summed E-state index contributed by atoms with van der Waals surface area (Å²) in [6.45, 7) is 11.9. The average Bonchev–Trinajstić information content (AvgIpc) is 3.50. The number of fused-ring (bicyclic) bond motifs is 1. The molecule has 3 saturated heterocycles. The largest absolute Gasteiger partial charge is 0.394 e. The van der Waals surface area contributed by atoms with Gasteiger partial charge in [0.1, 0.15) is 6.04 Å². The predicted octanol–water partition coefficient (Wildman–Crippen LogP) is 2.88. The number of likely N-dealkylation sites (tertiary alicyclic amines) is 1. The Morgan fingerprint density at radius 2 is 1.86 bits per heavy atom. The molecule has 2 unspecified atom stereocenters. The molecule has 4 rings (SSSR count). The number of aliphatic hydroxyl groups is 1. The van der Waals surface area contributed by atoms with E-state index in [4.69, 9.17) is 0 Å². The number of amides is 3. The quantitative estimate of drug-likeness (QED) is 0.489. The monoisotopic (exact) mass is 511 g/mol. The molecular weight excluding hydrogens is 474 g/mol. The maximum absolute atomic E-state index is 14.3. The van der Waals surface area contributed by atoms with E-state index in [-0.39, 0.29) is 35.6 Å². The Morgan fingerprint density at radius 3 is 2.44 bits per heavy atom. The zero-order valence-electron chi connectivity index (χ0n) is 21.4. The van der Waals surface area contributed by atoms with E-state index in [1.807, 2.05) is 44.2 Å². The molecule has 6 atom stereocenters. The minimum absolute atomic E-state index is 0.00706. The second kappa shape index (κ2) is 10.4. The van der Waals surface area contributed by atoms with Gasteiger partial charge >= 0.3 is 0 Å². The van der Waals surface area contributed by atoms with Gasteiger partial charge in [0.2, 0.25) is 17.7 Å². The van der Waals surface area contributed by atoms with Crippen molar-refractivity contribution in [2.75, 3.05) is 26.7 Å². The van der Waals surface area contributed by atoms with Crippen molar-refractivity contribution in [3.05, 3.63) is 61.2 Å². The Morgan fingerprint density at radius 1 is 1.19 bits per heavy atom. The lowest BCUT2D eigenvalue weighted by Crippen LogP contribution is -2.57. The molecule has 0 saturated carbocycles. The summed E-state index contributed by atoms with van der Waals surface area (Å²) in [5.74, 6) is -1.53. The van der Waals surface area contributed by atoms with Crippen molar-refractivity contribution in [1.82, 2.24) is 14.7 Å². The lowest BCUT2D eigenvalue weighted by atomic mass is 9.70. The fraction of sp³-hybridized carbons (Fsp3) is 0.536. The van der Waals surface area contributed by atoms with Crippen LogP contribution in [0.3, 0.4) is 0 Å². The van der Waals surface area contributed by atoms with Crippen LogP contribution in [0.4, 0.5) is 0 Å². The van der Waals surface area contributed by atoms with E-state index in [1.165, 1.54) is 0 Å².